The molecular formula is C21H13ClF3N3OS. The van der Waals surface area contributed by atoms with E-state index in [0.717, 1.165) is 28.0 Å². The van der Waals surface area contributed by atoms with Gasteiger partial charge in [0.1, 0.15) is 9.98 Å². The number of pyridine rings is 1. The molecule has 30 heavy (non-hydrogen) atoms. The Labute approximate surface area is 178 Å². The van der Waals surface area contributed by atoms with Gasteiger partial charge in [-0.25, -0.2) is 4.98 Å². The Balaban J connectivity index is 1.55. The highest BCUT2D eigenvalue weighted by molar-refractivity contribution is 7.16. The summed E-state index contributed by atoms with van der Waals surface area (Å²) in [7, 11) is 0. The molecule has 152 valence electrons. The van der Waals surface area contributed by atoms with Crippen molar-refractivity contribution in [2.75, 3.05) is 10.6 Å². The highest BCUT2D eigenvalue weighted by Crippen LogP contribution is 2.32. The van der Waals surface area contributed by atoms with Gasteiger partial charge in [0.15, 0.2) is 0 Å². The van der Waals surface area contributed by atoms with E-state index in [-0.39, 0.29) is 5.56 Å². The maximum absolute atomic E-state index is 12.9. The van der Waals surface area contributed by atoms with Crippen LogP contribution in [0.3, 0.4) is 0 Å². The maximum atomic E-state index is 12.9. The first-order valence-corrected chi connectivity index (χ1v) is 9.95. The molecule has 0 unspecified atom stereocenters. The molecule has 0 bridgehead atoms. The molecule has 0 saturated heterocycles. The van der Waals surface area contributed by atoms with Crippen LogP contribution in [0.2, 0.25) is 5.15 Å². The first kappa shape index (κ1) is 20.2. The van der Waals surface area contributed by atoms with E-state index in [2.05, 4.69) is 15.6 Å². The molecule has 0 radical (unpaired) electrons. The fraction of sp³-hybridized carbons (Fsp3) is 0.0476. The average molecular weight is 448 g/mol. The van der Waals surface area contributed by atoms with E-state index in [4.69, 9.17) is 11.6 Å². The summed E-state index contributed by atoms with van der Waals surface area (Å²) in [5.74, 6) is -0.634. The first-order chi connectivity index (χ1) is 14.3. The lowest BCUT2D eigenvalue weighted by Crippen LogP contribution is -2.14. The van der Waals surface area contributed by atoms with Gasteiger partial charge >= 0.3 is 6.18 Å². The number of rotatable bonds is 4. The van der Waals surface area contributed by atoms with Gasteiger partial charge in [0.05, 0.1) is 11.3 Å². The Kier molecular flexibility index (Phi) is 5.36. The van der Waals surface area contributed by atoms with Crippen molar-refractivity contribution in [3.05, 3.63) is 82.3 Å². The predicted octanol–water partition coefficient (Wildman–Crippen LogP) is 6.96. The van der Waals surface area contributed by atoms with Crippen LogP contribution in [0.4, 0.5) is 30.2 Å². The van der Waals surface area contributed by atoms with Crippen molar-refractivity contribution in [1.29, 1.82) is 0 Å². The molecule has 4 nitrogen and oxygen atoms in total. The van der Waals surface area contributed by atoms with Crippen LogP contribution in [0, 0.1) is 0 Å². The minimum Gasteiger partial charge on any atom is -0.355 e. The number of benzene rings is 2. The lowest BCUT2D eigenvalue weighted by molar-refractivity contribution is -0.137. The Morgan fingerprint density at radius 2 is 1.77 bits per heavy atom. The third kappa shape index (κ3) is 4.39. The molecule has 0 aliphatic carbocycles. The quantitative estimate of drug-likeness (QED) is 0.332. The van der Waals surface area contributed by atoms with Crippen LogP contribution in [-0.4, -0.2) is 10.9 Å². The van der Waals surface area contributed by atoms with Crippen LogP contribution < -0.4 is 10.6 Å². The summed E-state index contributed by atoms with van der Waals surface area (Å²) < 4.78 is 38.6. The van der Waals surface area contributed by atoms with E-state index in [1.54, 1.807) is 30.3 Å². The number of nitrogens with one attached hydrogen (secondary N) is 2. The molecule has 4 aromatic rings. The van der Waals surface area contributed by atoms with Crippen LogP contribution in [0.15, 0.2) is 66.0 Å². The van der Waals surface area contributed by atoms with Gasteiger partial charge in [-0.2, -0.15) is 13.2 Å². The number of halogens is 4. The zero-order chi connectivity index (χ0) is 21.3. The van der Waals surface area contributed by atoms with Crippen molar-refractivity contribution < 1.29 is 18.0 Å². The number of hydrogen-bond donors (Lipinski definition) is 2. The molecule has 0 saturated carbocycles. The molecule has 0 fully saturated rings. The van der Waals surface area contributed by atoms with Crippen molar-refractivity contribution in [2.45, 2.75) is 6.18 Å². The van der Waals surface area contributed by atoms with E-state index in [1.807, 2.05) is 11.4 Å². The van der Waals surface area contributed by atoms with Gasteiger partial charge in [0, 0.05) is 22.3 Å². The molecule has 0 atom stereocenters. The molecule has 9 heteroatoms. The van der Waals surface area contributed by atoms with Crippen LogP contribution in [0.25, 0.3) is 10.2 Å². The fourth-order valence-electron chi connectivity index (χ4n) is 2.89. The molecule has 0 aliphatic rings. The third-order valence-electron chi connectivity index (χ3n) is 4.26. The molecule has 2 heterocycles. The SMILES string of the molecule is O=C(Nc1cccc(Nc2cc(Cl)nc3sccc23)c1)c1cccc(C(F)(F)F)c1. The zero-order valence-corrected chi connectivity index (χ0v) is 16.7. The van der Waals surface area contributed by atoms with Crippen LogP contribution in [0.5, 0.6) is 0 Å². The number of aromatic nitrogens is 1. The van der Waals surface area contributed by atoms with Crippen LogP contribution in [0.1, 0.15) is 15.9 Å². The standard InChI is InChI=1S/C21H13ClF3N3OS/c22-18-11-17(16-7-8-30-20(16)28-18)26-14-5-2-6-15(10-14)27-19(29)12-3-1-4-13(9-12)21(23,24)25/h1-11H,(H,26,28)(H,27,29). The monoisotopic (exact) mass is 447 g/mol. The highest BCUT2D eigenvalue weighted by Gasteiger charge is 2.30. The second-order valence-corrected chi connectivity index (χ2v) is 7.65. The summed E-state index contributed by atoms with van der Waals surface area (Å²) in [5.41, 5.74) is 0.910. The van der Waals surface area contributed by atoms with Crippen molar-refractivity contribution in [1.82, 2.24) is 4.98 Å². The summed E-state index contributed by atoms with van der Waals surface area (Å²) in [5, 5.41) is 9.02. The van der Waals surface area contributed by atoms with Crippen molar-refractivity contribution in [3.63, 3.8) is 0 Å². The first-order valence-electron chi connectivity index (χ1n) is 8.69. The van der Waals surface area contributed by atoms with Crippen molar-refractivity contribution in [2.24, 2.45) is 0 Å². The smallest absolute Gasteiger partial charge is 0.355 e. The number of amides is 1. The fourth-order valence-corrected chi connectivity index (χ4v) is 3.93. The lowest BCUT2D eigenvalue weighted by Gasteiger charge is -2.12. The van der Waals surface area contributed by atoms with Crippen LogP contribution >= 0.6 is 22.9 Å². The number of carbonyl (C=O) groups excluding carboxylic acids is 1. The topological polar surface area (TPSA) is 54.0 Å². The Morgan fingerprint density at radius 1 is 1.00 bits per heavy atom. The number of thiophene rings is 1. The van der Waals surface area contributed by atoms with E-state index in [1.165, 1.54) is 23.5 Å². The molecular weight excluding hydrogens is 435 g/mol. The van der Waals surface area contributed by atoms with Gasteiger partial charge in [-0.1, -0.05) is 23.7 Å². The highest BCUT2D eigenvalue weighted by atomic mass is 35.5. The summed E-state index contributed by atoms with van der Waals surface area (Å²) >= 11 is 7.54. The molecule has 0 aliphatic heterocycles. The minimum atomic E-state index is -4.51. The van der Waals surface area contributed by atoms with Gasteiger partial charge < -0.3 is 10.6 Å². The van der Waals surface area contributed by atoms with Gasteiger partial charge in [0.25, 0.3) is 5.91 Å². The number of nitrogens with zero attached hydrogens (tertiary/aromatic N) is 1. The van der Waals surface area contributed by atoms with E-state index in [9.17, 15) is 18.0 Å². The van der Waals surface area contributed by atoms with Crippen molar-refractivity contribution >= 4 is 56.1 Å². The van der Waals surface area contributed by atoms with E-state index >= 15 is 0 Å². The van der Waals surface area contributed by atoms with Crippen molar-refractivity contribution in [3.8, 4) is 0 Å². The number of anilines is 3. The number of carbonyl (C=O) groups is 1. The third-order valence-corrected chi connectivity index (χ3v) is 5.26. The summed E-state index contributed by atoms with van der Waals surface area (Å²) in [6.07, 6.45) is -4.51. The Bertz CT molecular complexity index is 1240. The zero-order valence-electron chi connectivity index (χ0n) is 15.1. The average Bonchev–Trinajstić information content (AvgIpc) is 3.16. The Morgan fingerprint density at radius 3 is 2.57 bits per heavy atom. The predicted molar refractivity (Wildman–Crippen MR) is 114 cm³/mol. The molecule has 2 N–H and O–H groups in total. The van der Waals surface area contributed by atoms with Gasteiger partial charge in [0.2, 0.25) is 0 Å². The summed E-state index contributed by atoms with van der Waals surface area (Å²) in [6.45, 7) is 0. The largest absolute Gasteiger partial charge is 0.416 e. The van der Waals surface area contributed by atoms with E-state index in [0.29, 0.717) is 16.5 Å². The Hall–Kier alpha value is -3.10. The summed E-state index contributed by atoms with van der Waals surface area (Å²) in [6, 6.07) is 14.7. The van der Waals surface area contributed by atoms with Gasteiger partial charge in [-0.15, -0.1) is 11.3 Å². The van der Waals surface area contributed by atoms with Crippen LogP contribution in [-0.2, 0) is 6.18 Å². The molecule has 2 aromatic carbocycles. The maximum Gasteiger partial charge on any atom is 0.416 e. The van der Waals surface area contributed by atoms with Gasteiger partial charge in [-0.3, -0.25) is 4.79 Å². The normalized spacial score (nSPS) is 11.5. The minimum absolute atomic E-state index is 0.0796. The summed E-state index contributed by atoms with van der Waals surface area (Å²) in [4.78, 5) is 17.5. The number of alkyl halides is 3. The lowest BCUT2D eigenvalue weighted by atomic mass is 10.1. The second kappa shape index (κ2) is 7.97. The molecule has 2 aromatic heterocycles. The number of hydrogen-bond acceptors (Lipinski definition) is 4. The van der Waals surface area contributed by atoms with E-state index < -0.39 is 17.6 Å². The molecule has 1 amide bonds. The number of fused-ring (bicyclic) bond motifs is 1. The molecule has 0 spiro atoms. The molecule has 4 rings (SSSR count). The second-order valence-electron chi connectivity index (χ2n) is 6.37. The van der Waals surface area contributed by atoms with Gasteiger partial charge in [-0.05, 0) is 53.9 Å².